The van der Waals surface area contributed by atoms with E-state index < -0.39 is 0 Å². The molecule has 0 fully saturated rings. The Morgan fingerprint density at radius 3 is 2.67 bits per heavy atom. The van der Waals surface area contributed by atoms with E-state index in [1.807, 2.05) is 42.5 Å². The largest absolute Gasteiger partial charge is 0.497 e. The van der Waals surface area contributed by atoms with Crippen LogP contribution >= 0.6 is 0 Å². The first kappa shape index (κ1) is 13.2. The number of carbonyl (C=O) groups excluding carboxylic acids is 1. The summed E-state index contributed by atoms with van der Waals surface area (Å²) in [4.78, 5) is 12.2. The number of hydrogen-bond donors (Lipinski definition) is 0. The summed E-state index contributed by atoms with van der Waals surface area (Å²) in [7, 11) is 1.58. The quantitative estimate of drug-likeness (QED) is 0.800. The van der Waals surface area contributed by atoms with Gasteiger partial charge in [-0.2, -0.15) is 0 Å². The van der Waals surface area contributed by atoms with E-state index in [2.05, 4.69) is 0 Å². The zero-order chi connectivity index (χ0) is 14.7. The predicted octanol–water partition coefficient (Wildman–Crippen LogP) is 3.87. The fraction of sp³-hybridized carbons (Fsp3) is 0.0556. The molecule has 0 unspecified atom stereocenters. The van der Waals surface area contributed by atoms with Crippen LogP contribution in [0.25, 0.3) is 6.08 Å². The van der Waals surface area contributed by atoms with Gasteiger partial charge in [-0.25, -0.2) is 0 Å². The van der Waals surface area contributed by atoms with E-state index in [9.17, 15) is 4.79 Å². The summed E-state index contributed by atoms with van der Waals surface area (Å²) < 4.78 is 10.7. The average molecular weight is 278 g/mol. The number of carbonyl (C=O) groups is 1. The number of allylic oxidation sites excluding steroid dienone is 3. The third-order valence-electron chi connectivity index (χ3n) is 3.21. The second-order valence-corrected chi connectivity index (χ2v) is 4.59. The van der Waals surface area contributed by atoms with Gasteiger partial charge >= 0.3 is 0 Å². The molecule has 0 atom stereocenters. The first-order valence-electron chi connectivity index (χ1n) is 6.62. The number of ether oxygens (including phenoxy) is 2. The Balaban J connectivity index is 1.81. The van der Waals surface area contributed by atoms with Crippen molar-refractivity contribution in [1.82, 2.24) is 0 Å². The van der Waals surface area contributed by atoms with E-state index in [-0.39, 0.29) is 5.78 Å². The summed E-state index contributed by atoms with van der Waals surface area (Å²) in [5, 5.41) is 0. The molecule has 0 saturated heterocycles. The van der Waals surface area contributed by atoms with Gasteiger partial charge in [-0.1, -0.05) is 42.5 Å². The minimum Gasteiger partial charge on any atom is -0.497 e. The minimum atomic E-state index is -0.106. The third kappa shape index (κ3) is 2.72. The van der Waals surface area contributed by atoms with Crippen LogP contribution < -0.4 is 9.47 Å². The fourth-order valence-electron chi connectivity index (χ4n) is 2.12. The maximum absolute atomic E-state index is 12.2. The Morgan fingerprint density at radius 1 is 1.10 bits per heavy atom. The van der Waals surface area contributed by atoms with Gasteiger partial charge in [-0.3, -0.25) is 4.79 Å². The average Bonchev–Trinajstić information content (AvgIpc) is 2.84. The lowest BCUT2D eigenvalue weighted by molar-refractivity contribution is 0.101. The van der Waals surface area contributed by atoms with Crippen LogP contribution in [0.3, 0.4) is 0 Å². The highest BCUT2D eigenvalue weighted by Crippen LogP contribution is 2.33. The molecule has 3 rings (SSSR count). The van der Waals surface area contributed by atoms with Crippen molar-refractivity contribution in [2.75, 3.05) is 7.11 Å². The second-order valence-electron chi connectivity index (χ2n) is 4.59. The Labute approximate surface area is 123 Å². The number of rotatable bonds is 3. The lowest BCUT2D eigenvalue weighted by Crippen LogP contribution is -1.97. The maximum atomic E-state index is 12.2. The zero-order valence-electron chi connectivity index (χ0n) is 11.6. The van der Waals surface area contributed by atoms with Crippen molar-refractivity contribution >= 4 is 11.9 Å². The summed E-state index contributed by atoms with van der Waals surface area (Å²) in [6, 6.07) is 15.1. The topological polar surface area (TPSA) is 35.5 Å². The first-order valence-corrected chi connectivity index (χ1v) is 6.62. The molecule has 0 bridgehead atoms. The molecule has 104 valence electrons. The fourth-order valence-corrected chi connectivity index (χ4v) is 2.12. The Morgan fingerprint density at radius 2 is 1.90 bits per heavy atom. The molecule has 1 aliphatic heterocycles. The van der Waals surface area contributed by atoms with E-state index in [1.165, 1.54) is 0 Å². The summed E-state index contributed by atoms with van der Waals surface area (Å²) in [6.45, 7) is 0. The molecule has 2 aromatic carbocycles. The molecule has 3 heteroatoms. The van der Waals surface area contributed by atoms with Crippen molar-refractivity contribution in [3.63, 3.8) is 0 Å². The molecule has 0 spiro atoms. The van der Waals surface area contributed by atoms with Crippen LogP contribution in [-0.2, 0) is 0 Å². The smallest absolute Gasteiger partial charge is 0.231 e. The molecule has 1 aliphatic rings. The van der Waals surface area contributed by atoms with Crippen LogP contribution in [0.4, 0.5) is 0 Å². The van der Waals surface area contributed by atoms with E-state index in [0.717, 1.165) is 5.56 Å². The lowest BCUT2D eigenvalue weighted by Gasteiger charge is -2.01. The minimum absolute atomic E-state index is 0.106. The molecule has 3 nitrogen and oxygen atoms in total. The Hall–Kier alpha value is -2.81. The molecule has 21 heavy (non-hydrogen) atoms. The molecule has 0 N–H and O–H groups in total. The second kappa shape index (κ2) is 5.67. The number of fused-ring (bicyclic) bond motifs is 1. The van der Waals surface area contributed by atoms with Gasteiger partial charge in [0.25, 0.3) is 0 Å². The first-order chi connectivity index (χ1) is 10.3. The molecule has 0 aromatic heterocycles. The molecule has 0 radical (unpaired) electrons. The van der Waals surface area contributed by atoms with E-state index in [1.54, 1.807) is 31.4 Å². The van der Waals surface area contributed by atoms with Gasteiger partial charge < -0.3 is 9.47 Å². The molecule has 0 amide bonds. The number of benzene rings is 2. The predicted molar refractivity (Wildman–Crippen MR) is 81.5 cm³/mol. The van der Waals surface area contributed by atoms with Crippen LogP contribution in [0.2, 0.25) is 0 Å². The highest BCUT2D eigenvalue weighted by Gasteiger charge is 2.26. The normalized spacial score (nSPS) is 15.3. The number of Topliss-reactive ketones (excluding diaryl/α,β-unsaturated/α-hetero) is 1. The van der Waals surface area contributed by atoms with Crippen molar-refractivity contribution in [2.24, 2.45) is 0 Å². The Bertz CT molecular complexity index is 727. The van der Waals surface area contributed by atoms with Crippen molar-refractivity contribution in [3.8, 4) is 11.5 Å². The molecule has 2 aromatic rings. The Kier molecular flexibility index (Phi) is 3.56. The standard InChI is InChI=1S/C18H14O3/c1-20-14-10-11-15-17(12-14)21-16(18(15)19)9-5-8-13-6-3-2-4-7-13/h2-12H,1H3/b8-5+,16-9-. The SMILES string of the molecule is COc1ccc2c(c1)O/C(=C\C=C\c1ccccc1)C2=O. The van der Waals surface area contributed by atoms with Gasteiger partial charge in [0.1, 0.15) is 11.5 Å². The van der Waals surface area contributed by atoms with Crippen molar-refractivity contribution < 1.29 is 14.3 Å². The highest BCUT2D eigenvalue weighted by molar-refractivity contribution is 6.12. The number of methoxy groups -OCH3 is 1. The van der Waals surface area contributed by atoms with Crippen LogP contribution in [-0.4, -0.2) is 12.9 Å². The maximum Gasteiger partial charge on any atom is 0.231 e. The van der Waals surface area contributed by atoms with Crippen LogP contribution in [0.1, 0.15) is 15.9 Å². The van der Waals surface area contributed by atoms with E-state index >= 15 is 0 Å². The summed E-state index contributed by atoms with van der Waals surface area (Å²) in [5.74, 6) is 1.43. The molecule has 0 aliphatic carbocycles. The summed E-state index contributed by atoms with van der Waals surface area (Å²) >= 11 is 0. The third-order valence-corrected chi connectivity index (χ3v) is 3.21. The molecular weight excluding hydrogens is 264 g/mol. The number of ketones is 1. The van der Waals surface area contributed by atoms with Gasteiger partial charge in [-0.05, 0) is 23.8 Å². The van der Waals surface area contributed by atoms with E-state index in [0.29, 0.717) is 22.8 Å². The zero-order valence-corrected chi connectivity index (χ0v) is 11.6. The van der Waals surface area contributed by atoms with Gasteiger partial charge in [-0.15, -0.1) is 0 Å². The number of hydrogen-bond acceptors (Lipinski definition) is 3. The van der Waals surface area contributed by atoms with Gasteiger partial charge in [0.2, 0.25) is 5.78 Å². The van der Waals surface area contributed by atoms with Crippen LogP contribution in [0.15, 0.2) is 66.4 Å². The lowest BCUT2D eigenvalue weighted by atomic mass is 10.1. The van der Waals surface area contributed by atoms with Crippen molar-refractivity contribution in [2.45, 2.75) is 0 Å². The van der Waals surface area contributed by atoms with Crippen LogP contribution in [0.5, 0.6) is 11.5 Å². The summed E-state index contributed by atoms with van der Waals surface area (Å²) in [6.07, 6.45) is 5.42. The summed E-state index contributed by atoms with van der Waals surface area (Å²) in [5.41, 5.74) is 1.63. The van der Waals surface area contributed by atoms with Gasteiger partial charge in [0.05, 0.1) is 12.7 Å². The van der Waals surface area contributed by atoms with E-state index in [4.69, 9.17) is 9.47 Å². The molecule has 0 saturated carbocycles. The van der Waals surface area contributed by atoms with Gasteiger partial charge in [0, 0.05) is 6.07 Å². The highest BCUT2D eigenvalue weighted by atomic mass is 16.5. The monoisotopic (exact) mass is 278 g/mol. The van der Waals surface area contributed by atoms with Gasteiger partial charge in [0.15, 0.2) is 5.76 Å². The van der Waals surface area contributed by atoms with Crippen LogP contribution in [0, 0.1) is 0 Å². The van der Waals surface area contributed by atoms with Crippen molar-refractivity contribution in [1.29, 1.82) is 0 Å². The van der Waals surface area contributed by atoms with Crippen molar-refractivity contribution in [3.05, 3.63) is 77.6 Å². The molecule has 1 heterocycles. The molecular formula is C18H14O3.